The number of rotatable bonds is 20. The summed E-state index contributed by atoms with van der Waals surface area (Å²) >= 11 is 0. The second kappa shape index (κ2) is 33.8. The van der Waals surface area contributed by atoms with Gasteiger partial charge in [-0.25, -0.2) is 4.79 Å². The Balaban J connectivity index is 3.50. The van der Waals surface area contributed by atoms with Gasteiger partial charge in [0.05, 0.1) is 37.1 Å². The van der Waals surface area contributed by atoms with Crippen molar-refractivity contribution in [3.05, 3.63) is 60.4 Å². The normalized spacial score (nSPS) is 29.8. The average Bonchev–Trinajstić information content (AvgIpc) is 3.31. The summed E-state index contributed by atoms with van der Waals surface area (Å²) in [5, 5.41) is 34.7. The van der Waals surface area contributed by atoms with Gasteiger partial charge in [-0.15, -0.1) is 0 Å². The molecule has 0 spiro atoms. The Hall–Kier alpha value is -3.70. The lowest BCUT2D eigenvalue weighted by Gasteiger charge is -2.33. The van der Waals surface area contributed by atoms with Gasteiger partial charge in [0, 0.05) is 84.1 Å². The maximum absolute atomic E-state index is 13.5. The molecule has 1 rings (SSSR count). The SMILES string of the molecule is COCC(C(=O)O[C@@H]1C/C=C/C=C/C(=O)O[C@H]([C@@H](C)[C@@H](O)[C@@H](C)CC[C@@H](O)[C@H](C)[C@H](OC(C)=O)[C@H](C)/C=C/N(C)C=O)C/C=C/[C@H](OC)C[C@H](C)C/C=C(\C)[C@@H](OC)CC[C@@H](C)[C@@H](O)[C@@H]1C)N(C)C. The van der Waals surface area contributed by atoms with Crippen LogP contribution >= 0.6 is 0 Å². The van der Waals surface area contributed by atoms with Crippen molar-refractivity contribution in [1.82, 2.24) is 9.80 Å². The van der Waals surface area contributed by atoms with Crippen molar-refractivity contribution in [3.8, 4) is 0 Å². The van der Waals surface area contributed by atoms with Crippen LogP contribution < -0.4 is 0 Å². The summed E-state index contributed by atoms with van der Waals surface area (Å²) in [4.78, 5) is 53.2. The predicted molar refractivity (Wildman–Crippen MR) is 270 cm³/mol. The van der Waals surface area contributed by atoms with Crippen molar-refractivity contribution in [2.75, 3.05) is 49.1 Å². The third-order valence-electron chi connectivity index (χ3n) is 13.8. The number of methoxy groups -OCH3 is 3. The number of likely N-dealkylation sites (N-methyl/N-ethyl adjacent to an activating group) is 1. The van der Waals surface area contributed by atoms with Crippen LogP contribution in [-0.2, 0) is 47.6 Å². The van der Waals surface area contributed by atoms with Crippen molar-refractivity contribution >= 4 is 24.3 Å². The van der Waals surface area contributed by atoms with Gasteiger partial charge in [-0.05, 0) is 82.9 Å². The summed E-state index contributed by atoms with van der Waals surface area (Å²) in [6.45, 7) is 17.0. The molecule has 1 aliphatic rings. The van der Waals surface area contributed by atoms with Crippen molar-refractivity contribution in [2.45, 2.75) is 169 Å². The highest BCUT2D eigenvalue weighted by molar-refractivity contribution is 5.82. The monoisotopic (exact) mass is 977 g/mol. The molecule has 0 aromatic heterocycles. The van der Waals surface area contributed by atoms with E-state index in [1.165, 1.54) is 25.0 Å². The zero-order valence-electron chi connectivity index (χ0n) is 44.7. The van der Waals surface area contributed by atoms with Crippen LogP contribution in [0.25, 0.3) is 0 Å². The first-order valence-corrected chi connectivity index (χ1v) is 24.9. The Bertz CT molecular complexity index is 1650. The van der Waals surface area contributed by atoms with Crippen molar-refractivity contribution in [2.24, 2.45) is 41.4 Å². The molecule has 0 fully saturated rings. The fraction of sp³-hybridized carbons (Fsp3) is 0.741. The molecule has 15 heteroatoms. The number of amides is 1. The number of aliphatic hydroxyl groups is 3. The van der Waals surface area contributed by atoms with Crippen LogP contribution in [0.3, 0.4) is 0 Å². The first-order chi connectivity index (χ1) is 32.5. The number of aliphatic hydroxyl groups excluding tert-OH is 3. The Morgan fingerprint density at radius 1 is 0.942 bits per heavy atom. The van der Waals surface area contributed by atoms with Gasteiger partial charge in [0.2, 0.25) is 6.41 Å². The lowest BCUT2D eigenvalue weighted by molar-refractivity contribution is -0.162. The number of hydrogen-bond donors (Lipinski definition) is 3. The van der Waals surface area contributed by atoms with Gasteiger partial charge in [0.1, 0.15) is 24.4 Å². The molecule has 396 valence electrons. The minimum absolute atomic E-state index is 0.128. The number of carbonyl (C=O) groups excluding carboxylic acids is 4. The highest BCUT2D eigenvalue weighted by atomic mass is 16.6. The Kier molecular flexibility index (Phi) is 31.0. The molecule has 0 aromatic rings. The number of carbonyl (C=O) groups is 4. The fourth-order valence-electron chi connectivity index (χ4n) is 8.78. The van der Waals surface area contributed by atoms with E-state index in [4.69, 9.17) is 28.4 Å². The Morgan fingerprint density at radius 3 is 2.22 bits per heavy atom. The molecule has 0 saturated heterocycles. The molecular formula is C54H92N2O13. The fourth-order valence-corrected chi connectivity index (χ4v) is 8.78. The zero-order valence-corrected chi connectivity index (χ0v) is 44.7. The second-order valence-corrected chi connectivity index (χ2v) is 19.9. The number of esters is 3. The number of nitrogens with zero attached hydrogens (tertiary/aromatic N) is 2. The molecule has 1 amide bonds. The van der Waals surface area contributed by atoms with Crippen LogP contribution in [0.4, 0.5) is 0 Å². The summed E-state index contributed by atoms with van der Waals surface area (Å²) < 4.78 is 34.9. The highest BCUT2D eigenvalue weighted by Crippen LogP contribution is 2.30. The van der Waals surface area contributed by atoms with E-state index in [1.54, 1.807) is 70.8 Å². The van der Waals surface area contributed by atoms with Crippen molar-refractivity contribution < 1.29 is 62.9 Å². The first-order valence-electron chi connectivity index (χ1n) is 24.9. The predicted octanol–water partition coefficient (Wildman–Crippen LogP) is 7.23. The molecule has 0 aliphatic carbocycles. The van der Waals surface area contributed by atoms with Gasteiger partial charge in [-0.1, -0.05) is 91.0 Å². The van der Waals surface area contributed by atoms with Crippen LogP contribution in [0.5, 0.6) is 0 Å². The molecule has 1 aliphatic heterocycles. The molecule has 3 N–H and O–H groups in total. The number of cyclic esters (lactones) is 1. The Morgan fingerprint density at radius 2 is 1.62 bits per heavy atom. The molecule has 15 nitrogen and oxygen atoms in total. The van der Waals surface area contributed by atoms with E-state index in [1.807, 2.05) is 53.7 Å². The highest BCUT2D eigenvalue weighted by Gasteiger charge is 2.35. The van der Waals surface area contributed by atoms with Gasteiger partial charge < -0.3 is 48.6 Å². The largest absolute Gasteiger partial charge is 0.462 e. The number of ether oxygens (including phenoxy) is 6. The van der Waals surface area contributed by atoms with Gasteiger partial charge in [-0.2, -0.15) is 0 Å². The average molecular weight is 977 g/mol. The van der Waals surface area contributed by atoms with E-state index in [-0.39, 0.29) is 48.9 Å². The maximum atomic E-state index is 13.5. The van der Waals surface area contributed by atoms with Crippen LogP contribution in [0.15, 0.2) is 60.4 Å². The van der Waals surface area contributed by atoms with Crippen LogP contribution in [0.1, 0.15) is 114 Å². The molecule has 0 bridgehead atoms. The summed E-state index contributed by atoms with van der Waals surface area (Å²) in [6.07, 6.45) is 15.7. The lowest BCUT2D eigenvalue weighted by atomic mass is 9.82. The van der Waals surface area contributed by atoms with Crippen LogP contribution in [0, 0.1) is 41.4 Å². The van der Waals surface area contributed by atoms with Crippen LogP contribution in [-0.4, -0.2) is 153 Å². The van der Waals surface area contributed by atoms with Gasteiger partial charge in [0.25, 0.3) is 0 Å². The Labute approximate surface area is 415 Å². The minimum atomic E-state index is -0.917. The maximum Gasteiger partial charge on any atom is 0.331 e. The van der Waals surface area contributed by atoms with E-state index >= 15 is 0 Å². The summed E-state index contributed by atoms with van der Waals surface area (Å²) in [6, 6.07) is -0.646. The zero-order chi connectivity index (χ0) is 52.4. The molecule has 69 heavy (non-hydrogen) atoms. The molecule has 0 radical (unpaired) electrons. The first kappa shape index (κ1) is 63.3. The third kappa shape index (κ3) is 23.4. The topological polar surface area (TPSA) is 191 Å². The summed E-state index contributed by atoms with van der Waals surface area (Å²) in [5.74, 6) is -3.46. The second-order valence-electron chi connectivity index (χ2n) is 19.9. The van der Waals surface area contributed by atoms with Gasteiger partial charge in [0.15, 0.2) is 0 Å². The van der Waals surface area contributed by atoms with E-state index in [0.717, 1.165) is 18.4 Å². The third-order valence-corrected chi connectivity index (χ3v) is 13.8. The number of allylic oxidation sites excluding steroid dienone is 3. The molecule has 16 atom stereocenters. The smallest absolute Gasteiger partial charge is 0.331 e. The van der Waals surface area contributed by atoms with Gasteiger partial charge in [-0.3, -0.25) is 19.3 Å². The molecule has 0 aromatic carbocycles. The van der Waals surface area contributed by atoms with Crippen LogP contribution in [0.2, 0.25) is 0 Å². The summed E-state index contributed by atoms with van der Waals surface area (Å²) in [7, 11) is 10.0. The van der Waals surface area contributed by atoms with E-state index in [2.05, 4.69) is 19.9 Å². The number of hydrogen-bond acceptors (Lipinski definition) is 14. The quantitative estimate of drug-likeness (QED) is 0.0479. The van der Waals surface area contributed by atoms with E-state index in [0.29, 0.717) is 38.5 Å². The van der Waals surface area contributed by atoms with E-state index < -0.39 is 78.3 Å². The lowest BCUT2D eigenvalue weighted by Crippen LogP contribution is -2.44. The minimum Gasteiger partial charge on any atom is -0.462 e. The van der Waals surface area contributed by atoms with Crippen molar-refractivity contribution in [3.63, 3.8) is 0 Å². The van der Waals surface area contributed by atoms with E-state index in [9.17, 15) is 34.5 Å². The molecular weight excluding hydrogens is 885 g/mol. The standard InChI is InChI=1S/C54H92N2O13/c1-35-24-25-36(2)47(66-15)29-27-38(4)52(62)42(8)49(69-54(63)45(33-64-13)55(10)11)21-17-16-18-23-50(60)68-48(22-19-20-44(32-35)65-14)41(7)51(61)37(3)26-28-46(59)40(6)53(67-43(9)58)39(5)30-31-56(12)34-57/h16-20,23,25,30-31,34-35,37-42,44-49,51-53,59,61-62H,21-22,24,26-29,32-33H2,1-15H3/b17-16+,20-19+,23-18+,31-30+,36-25+/t35-,37+,38-,39-,40+,41-,42-,44+,45?,46-,47+,48+,49-,51+,52-,53-/m1/s1. The summed E-state index contributed by atoms with van der Waals surface area (Å²) in [5.41, 5.74) is 1.11. The van der Waals surface area contributed by atoms with Gasteiger partial charge >= 0.3 is 17.9 Å². The molecule has 1 unspecified atom stereocenters. The molecule has 1 heterocycles. The molecule has 0 saturated carbocycles. The van der Waals surface area contributed by atoms with Crippen molar-refractivity contribution in [1.29, 1.82) is 0 Å².